The van der Waals surface area contributed by atoms with Crippen molar-refractivity contribution in [3.8, 4) is 0 Å². The van der Waals surface area contributed by atoms with E-state index in [-0.39, 0.29) is 0 Å². The third-order valence-corrected chi connectivity index (χ3v) is 0.642. The molecule has 0 aromatic carbocycles. The highest BCUT2D eigenvalue weighted by molar-refractivity contribution is 6.28. The van der Waals surface area contributed by atoms with Gasteiger partial charge in [-0.25, -0.2) is 0 Å². The van der Waals surface area contributed by atoms with Crippen LogP contribution >= 0.6 is 11.6 Å². The second kappa shape index (κ2) is 1.49. The normalized spacial score (nSPS) is 19.8. The zero-order valence-electron chi connectivity index (χ0n) is 2.94. The fraction of sp³-hybridized carbons (Fsp3) is 0. The molecular weight excluding hydrogens is 101 g/mol. The first kappa shape index (κ1) is 3.96. The molecule has 3 heteroatoms. The molecule has 1 rings (SSSR count). The standard InChI is InChI=1S/C3H3ClNO/c4-3-1-2-5-6-3/h1-2,5H. The Kier molecular flexibility index (Phi) is 0.986. The first-order valence-electron chi connectivity index (χ1n) is 1.51. The zero-order chi connectivity index (χ0) is 4.41. The SMILES string of the molecule is ClC1=C[CH]NO1. The smallest absolute Gasteiger partial charge is 0.211 e. The minimum absolute atomic E-state index is 0.384. The average Bonchev–Trinajstić information content (AvgIpc) is 1.86. The van der Waals surface area contributed by atoms with E-state index in [1.165, 1.54) is 0 Å². The summed E-state index contributed by atoms with van der Waals surface area (Å²) in [6.07, 6.45) is 1.63. The summed E-state index contributed by atoms with van der Waals surface area (Å²) in [7, 11) is 0. The Bertz CT molecular complexity index is 80.9. The summed E-state index contributed by atoms with van der Waals surface area (Å²) in [5.74, 6) is 0. The average molecular weight is 105 g/mol. The molecule has 0 amide bonds. The fourth-order valence-corrected chi connectivity index (χ4v) is 0.331. The van der Waals surface area contributed by atoms with Gasteiger partial charge in [0.05, 0.1) is 6.54 Å². The molecule has 1 heterocycles. The second-order valence-corrected chi connectivity index (χ2v) is 1.23. The molecule has 0 saturated carbocycles. The molecule has 0 spiro atoms. The van der Waals surface area contributed by atoms with E-state index in [1.54, 1.807) is 12.6 Å². The molecular formula is C3H3ClNO. The Labute approximate surface area is 40.7 Å². The molecule has 0 unspecified atom stereocenters. The summed E-state index contributed by atoms with van der Waals surface area (Å²) >= 11 is 5.26. The maximum absolute atomic E-state index is 5.26. The first-order valence-corrected chi connectivity index (χ1v) is 1.89. The van der Waals surface area contributed by atoms with E-state index in [0.717, 1.165) is 0 Å². The highest BCUT2D eigenvalue weighted by Crippen LogP contribution is 2.06. The van der Waals surface area contributed by atoms with Gasteiger partial charge in [0.2, 0.25) is 5.22 Å². The van der Waals surface area contributed by atoms with Gasteiger partial charge in [0.25, 0.3) is 0 Å². The molecule has 0 fully saturated rings. The summed E-state index contributed by atoms with van der Waals surface area (Å²) in [5.41, 5.74) is 2.42. The van der Waals surface area contributed by atoms with E-state index >= 15 is 0 Å². The number of hydroxylamine groups is 1. The highest BCUT2D eigenvalue weighted by atomic mass is 35.5. The van der Waals surface area contributed by atoms with E-state index in [2.05, 4.69) is 10.3 Å². The van der Waals surface area contributed by atoms with Gasteiger partial charge in [-0.15, -0.1) is 5.48 Å². The van der Waals surface area contributed by atoms with Crippen LogP contribution in [-0.4, -0.2) is 0 Å². The van der Waals surface area contributed by atoms with Crippen molar-refractivity contribution >= 4 is 11.6 Å². The van der Waals surface area contributed by atoms with Gasteiger partial charge >= 0.3 is 0 Å². The van der Waals surface area contributed by atoms with Crippen molar-refractivity contribution in [3.63, 3.8) is 0 Å². The minimum Gasteiger partial charge on any atom is -0.396 e. The van der Waals surface area contributed by atoms with Crippen LogP contribution in [0, 0.1) is 6.54 Å². The number of hydrogen-bond donors (Lipinski definition) is 1. The molecule has 1 aliphatic heterocycles. The van der Waals surface area contributed by atoms with E-state index in [1.807, 2.05) is 0 Å². The number of rotatable bonds is 0. The van der Waals surface area contributed by atoms with Gasteiger partial charge < -0.3 is 4.84 Å². The van der Waals surface area contributed by atoms with Crippen LogP contribution in [-0.2, 0) is 4.84 Å². The van der Waals surface area contributed by atoms with E-state index in [0.29, 0.717) is 5.22 Å². The lowest BCUT2D eigenvalue weighted by atomic mass is 10.7. The quantitative estimate of drug-likeness (QED) is 0.490. The first-order chi connectivity index (χ1) is 2.89. The highest BCUT2D eigenvalue weighted by Gasteiger charge is 1.97. The summed E-state index contributed by atoms with van der Waals surface area (Å²) in [6.45, 7) is 1.61. The van der Waals surface area contributed by atoms with E-state index in [9.17, 15) is 0 Å². The van der Waals surface area contributed by atoms with Crippen molar-refractivity contribution < 1.29 is 4.84 Å². The Balaban J connectivity index is 2.45. The topological polar surface area (TPSA) is 21.3 Å². The molecule has 0 aliphatic carbocycles. The zero-order valence-corrected chi connectivity index (χ0v) is 3.70. The van der Waals surface area contributed by atoms with Crippen LogP contribution in [0.1, 0.15) is 0 Å². The summed E-state index contributed by atoms with van der Waals surface area (Å²) in [4.78, 5) is 4.47. The van der Waals surface area contributed by atoms with Crippen molar-refractivity contribution in [3.05, 3.63) is 17.8 Å². The van der Waals surface area contributed by atoms with Crippen LogP contribution in [0.4, 0.5) is 0 Å². The number of hydrogen-bond acceptors (Lipinski definition) is 2. The summed E-state index contributed by atoms with van der Waals surface area (Å²) in [5, 5.41) is 0.384. The van der Waals surface area contributed by atoms with E-state index < -0.39 is 0 Å². The van der Waals surface area contributed by atoms with E-state index in [4.69, 9.17) is 11.6 Å². The van der Waals surface area contributed by atoms with Gasteiger partial charge in [0, 0.05) is 0 Å². The molecule has 0 atom stereocenters. The van der Waals surface area contributed by atoms with Gasteiger partial charge in [0.1, 0.15) is 0 Å². The Hall–Kier alpha value is -0.210. The van der Waals surface area contributed by atoms with Gasteiger partial charge in [-0.05, 0) is 17.7 Å². The molecule has 33 valence electrons. The lowest BCUT2D eigenvalue weighted by Crippen LogP contribution is -1.97. The van der Waals surface area contributed by atoms with Crippen LogP contribution in [0.2, 0.25) is 0 Å². The molecule has 2 nitrogen and oxygen atoms in total. The molecule has 1 N–H and O–H groups in total. The minimum atomic E-state index is 0.384. The van der Waals surface area contributed by atoms with Gasteiger partial charge in [-0.3, -0.25) is 0 Å². The monoisotopic (exact) mass is 104 g/mol. The van der Waals surface area contributed by atoms with Crippen LogP contribution in [0.5, 0.6) is 0 Å². The second-order valence-electron chi connectivity index (χ2n) is 0.857. The third kappa shape index (κ3) is 0.640. The van der Waals surface area contributed by atoms with Crippen LogP contribution in [0.15, 0.2) is 11.3 Å². The Morgan fingerprint density at radius 2 is 2.67 bits per heavy atom. The number of halogens is 1. The van der Waals surface area contributed by atoms with Crippen molar-refractivity contribution in [2.75, 3.05) is 0 Å². The maximum Gasteiger partial charge on any atom is 0.211 e. The predicted molar refractivity (Wildman–Crippen MR) is 22.5 cm³/mol. The summed E-state index contributed by atoms with van der Waals surface area (Å²) in [6, 6.07) is 0. The molecule has 0 bridgehead atoms. The van der Waals surface area contributed by atoms with Crippen molar-refractivity contribution in [1.82, 2.24) is 5.48 Å². The predicted octanol–water partition coefficient (Wildman–Crippen LogP) is 0.763. The van der Waals surface area contributed by atoms with Gasteiger partial charge in [0.15, 0.2) is 0 Å². The van der Waals surface area contributed by atoms with Crippen LogP contribution in [0.3, 0.4) is 0 Å². The lowest BCUT2D eigenvalue weighted by Gasteiger charge is -1.87. The Morgan fingerprint density at radius 3 is 2.83 bits per heavy atom. The molecule has 1 radical (unpaired) electrons. The molecule has 1 aliphatic rings. The molecule has 0 aromatic rings. The van der Waals surface area contributed by atoms with Crippen LogP contribution < -0.4 is 5.48 Å². The maximum atomic E-state index is 5.26. The van der Waals surface area contributed by atoms with Gasteiger partial charge in [-0.2, -0.15) is 0 Å². The van der Waals surface area contributed by atoms with Crippen molar-refractivity contribution in [1.29, 1.82) is 0 Å². The van der Waals surface area contributed by atoms with Gasteiger partial charge in [-0.1, -0.05) is 0 Å². The van der Waals surface area contributed by atoms with Crippen molar-refractivity contribution in [2.45, 2.75) is 0 Å². The fourth-order valence-electron chi connectivity index (χ4n) is 0.224. The summed E-state index contributed by atoms with van der Waals surface area (Å²) < 4.78 is 0. The van der Waals surface area contributed by atoms with Crippen LogP contribution in [0.25, 0.3) is 0 Å². The molecule has 0 aromatic heterocycles. The Morgan fingerprint density at radius 1 is 1.83 bits per heavy atom. The lowest BCUT2D eigenvalue weighted by molar-refractivity contribution is 0.172. The van der Waals surface area contributed by atoms with Crippen molar-refractivity contribution in [2.24, 2.45) is 0 Å². The number of nitrogens with one attached hydrogen (secondary N) is 1. The third-order valence-electron chi connectivity index (χ3n) is 0.439. The largest absolute Gasteiger partial charge is 0.396 e. The molecule has 0 saturated heterocycles. The molecule has 6 heavy (non-hydrogen) atoms.